The van der Waals surface area contributed by atoms with Gasteiger partial charge in [0.05, 0.1) is 0 Å². The van der Waals surface area contributed by atoms with Crippen LogP contribution in [0.2, 0.25) is 0 Å². The highest BCUT2D eigenvalue weighted by atomic mass is 32.2. The first-order valence-electron chi connectivity index (χ1n) is 7.36. The molecule has 3 rings (SSSR count). The maximum atomic E-state index is 13.7. The molecule has 132 valence electrons. The number of benzene rings is 2. The van der Waals surface area contributed by atoms with Gasteiger partial charge in [0.25, 0.3) is 0 Å². The van der Waals surface area contributed by atoms with E-state index in [1.54, 1.807) is 30.3 Å². The Bertz CT molecular complexity index is 975. The maximum Gasteiger partial charge on any atom is 0.246 e. The van der Waals surface area contributed by atoms with Crippen LogP contribution in [0.15, 0.2) is 57.8 Å². The van der Waals surface area contributed by atoms with Gasteiger partial charge in [0.15, 0.2) is 4.90 Å². The molecular formula is C17H15F2NO4S. The number of para-hydroxylation sites is 1. The summed E-state index contributed by atoms with van der Waals surface area (Å²) < 4.78 is 59.3. The topological polar surface area (TPSA) is 79.5 Å². The fourth-order valence-electron chi connectivity index (χ4n) is 2.38. The molecule has 5 nitrogen and oxygen atoms in total. The summed E-state index contributed by atoms with van der Waals surface area (Å²) >= 11 is 0. The number of fused-ring (bicyclic) bond motifs is 1. The van der Waals surface area contributed by atoms with Crippen LogP contribution in [0.1, 0.15) is 12.7 Å². The second-order valence-corrected chi connectivity index (χ2v) is 7.50. The first kappa shape index (κ1) is 17.5. The summed E-state index contributed by atoms with van der Waals surface area (Å²) in [5.74, 6) is -2.29. The molecule has 0 radical (unpaired) electrons. The van der Waals surface area contributed by atoms with Crippen molar-refractivity contribution in [2.24, 2.45) is 0 Å². The molecule has 1 unspecified atom stereocenters. The third kappa shape index (κ3) is 3.41. The minimum atomic E-state index is -4.49. The minimum Gasteiger partial charge on any atom is -0.458 e. The summed E-state index contributed by atoms with van der Waals surface area (Å²) in [6.45, 7) is 0.813. The van der Waals surface area contributed by atoms with E-state index in [0.717, 1.165) is 23.6 Å². The molecule has 0 fully saturated rings. The number of sulfonamides is 1. The molecule has 2 N–H and O–H groups in total. The zero-order valence-corrected chi connectivity index (χ0v) is 14.0. The van der Waals surface area contributed by atoms with Crippen LogP contribution < -0.4 is 4.72 Å². The summed E-state index contributed by atoms with van der Waals surface area (Å²) in [6.07, 6.45) is 0. The summed E-state index contributed by atoms with van der Waals surface area (Å²) in [6, 6.07) is 11.4. The van der Waals surface area contributed by atoms with E-state index >= 15 is 0 Å². The van der Waals surface area contributed by atoms with Gasteiger partial charge in [-0.25, -0.2) is 21.9 Å². The standard InChI is InChI=1S/C17H15F2NO4S/c1-17(21,15-9-11-5-2-3-8-14(11)24-15)10-20-25(22,23)16-12(18)6-4-7-13(16)19/h2-9,20-21H,10H2,1H3. The second kappa shape index (κ2) is 6.21. The normalized spacial score (nSPS) is 14.6. The van der Waals surface area contributed by atoms with Crippen LogP contribution in [-0.2, 0) is 15.6 Å². The van der Waals surface area contributed by atoms with Crippen LogP contribution in [0, 0.1) is 11.6 Å². The van der Waals surface area contributed by atoms with Gasteiger partial charge in [0, 0.05) is 11.9 Å². The van der Waals surface area contributed by atoms with Gasteiger partial charge in [-0.05, 0) is 31.2 Å². The lowest BCUT2D eigenvalue weighted by molar-refractivity contribution is 0.0411. The summed E-state index contributed by atoms with van der Waals surface area (Å²) in [7, 11) is -4.49. The average Bonchev–Trinajstić information content (AvgIpc) is 2.98. The molecule has 2 aromatic carbocycles. The predicted molar refractivity (Wildman–Crippen MR) is 87.3 cm³/mol. The molecule has 8 heteroatoms. The molecule has 0 bridgehead atoms. The Kier molecular flexibility index (Phi) is 4.36. The molecule has 0 amide bonds. The van der Waals surface area contributed by atoms with E-state index in [4.69, 9.17) is 4.42 Å². The van der Waals surface area contributed by atoms with E-state index in [1.807, 2.05) is 4.72 Å². The number of aliphatic hydroxyl groups is 1. The lowest BCUT2D eigenvalue weighted by atomic mass is 10.0. The van der Waals surface area contributed by atoms with Crippen molar-refractivity contribution in [3.05, 3.63) is 65.9 Å². The Morgan fingerprint density at radius 3 is 2.40 bits per heavy atom. The SMILES string of the molecule is CC(O)(CNS(=O)(=O)c1c(F)cccc1F)c1cc2ccccc2o1. The van der Waals surface area contributed by atoms with Gasteiger partial charge in [-0.3, -0.25) is 0 Å². The molecule has 0 aliphatic heterocycles. The molecule has 0 spiro atoms. The molecule has 3 aromatic rings. The van der Waals surface area contributed by atoms with Crippen LogP contribution >= 0.6 is 0 Å². The summed E-state index contributed by atoms with van der Waals surface area (Å²) in [4.78, 5) is -1.09. The van der Waals surface area contributed by atoms with Gasteiger partial charge >= 0.3 is 0 Å². The Labute approximate surface area is 142 Å². The van der Waals surface area contributed by atoms with Crippen molar-refractivity contribution in [1.82, 2.24) is 4.72 Å². The van der Waals surface area contributed by atoms with Crippen LogP contribution in [0.25, 0.3) is 11.0 Å². The zero-order chi connectivity index (χ0) is 18.2. The number of hydrogen-bond acceptors (Lipinski definition) is 4. The molecule has 0 saturated carbocycles. The molecular weight excluding hydrogens is 352 g/mol. The number of hydrogen-bond donors (Lipinski definition) is 2. The van der Waals surface area contributed by atoms with E-state index in [9.17, 15) is 22.3 Å². The largest absolute Gasteiger partial charge is 0.458 e. The molecule has 0 aliphatic carbocycles. The van der Waals surface area contributed by atoms with Gasteiger partial charge in [0.1, 0.15) is 28.6 Å². The number of rotatable bonds is 5. The highest BCUT2D eigenvalue weighted by Crippen LogP contribution is 2.28. The molecule has 25 heavy (non-hydrogen) atoms. The van der Waals surface area contributed by atoms with E-state index in [0.29, 0.717) is 5.58 Å². The van der Waals surface area contributed by atoms with E-state index in [-0.39, 0.29) is 5.76 Å². The number of halogens is 2. The van der Waals surface area contributed by atoms with Crippen LogP contribution in [0.5, 0.6) is 0 Å². The highest BCUT2D eigenvalue weighted by molar-refractivity contribution is 7.89. The minimum absolute atomic E-state index is 0.130. The van der Waals surface area contributed by atoms with Gasteiger partial charge < -0.3 is 9.52 Å². The Morgan fingerprint density at radius 2 is 1.76 bits per heavy atom. The van der Waals surface area contributed by atoms with Gasteiger partial charge in [0.2, 0.25) is 10.0 Å². The molecule has 1 atom stereocenters. The highest BCUT2D eigenvalue weighted by Gasteiger charge is 2.31. The van der Waals surface area contributed by atoms with Crippen molar-refractivity contribution in [3.8, 4) is 0 Å². The molecule has 1 heterocycles. The van der Waals surface area contributed by atoms with Crippen molar-refractivity contribution < 1.29 is 26.7 Å². The Morgan fingerprint density at radius 1 is 1.12 bits per heavy atom. The molecule has 0 saturated heterocycles. The first-order chi connectivity index (χ1) is 11.7. The van der Waals surface area contributed by atoms with Crippen LogP contribution in [0.4, 0.5) is 8.78 Å². The molecule has 1 aromatic heterocycles. The third-order valence-electron chi connectivity index (χ3n) is 3.75. The van der Waals surface area contributed by atoms with Crippen molar-refractivity contribution >= 4 is 21.0 Å². The maximum absolute atomic E-state index is 13.7. The summed E-state index contributed by atoms with van der Waals surface area (Å²) in [5, 5.41) is 11.3. The van der Waals surface area contributed by atoms with Crippen molar-refractivity contribution in [1.29, 1.82) is 0 Å². The van der Waals surface area contributed by atoms with Gasteiger partial charge in [-0.15, -0.1) is 0 Å². The summed E-state index contributed by atoms with van der Waals surface area (Å²) in [5.41, 5.74) is -1.19. The van der Waals surface area contributed by atoms with Crippen molar-refractivity contribution in [2.75, 3.05) is 6.54 Å². The lowest BCUT2D eigenvalue weighted by Gasteiger charge is -2.21. The Hall–Kier alpha value is -2.29. The third-order valence-corrected chi connectivity index (χ3v) is 5.20. The average molecular weight is 367 g/mol. The number of furan rings is 1. The fourth-order valence-corrected chi connectivity index (χ4v) is 3.65. The van der Waals surface area contributed by atoms with Crippen molar-refractivity contribution in [2.45, 2.75) is 17.4 Å². The zero-order valence-electron chi connectivity index (χ0n) is 13.2. The van der Waals surface area contributed by atoms with Crippen LogP contribution in [-0.4, -0.2) is 20.1 Å². The second-order valence-electron chi connectivity index (χ2n) is 5.80. The van der Waals surface area contributed by atoms with E-state index in [1.165, 1.54) is 6.92 Å². The lowest BCUT2D eigenvalue weighted by Crippen LogP contribution is -2.38. The Balaban J connectivity index is 1.86. The van der Waals surface area contributed by atoms with Crippen LogP contribution in [0.3, 0.4) is 0 Å². The van der Waals surface area contributed by atoms with Gasteiger partial charge in [-0.2, -0.15) is 0 Å². The monoisotopic (exact) mass is 367 g/mol. The van der Waals surface area contributed by atoms with Crippen molar-refractivity contribution in [3.63, 3.8) is 0 Å². The number of nitrogens with one attached hydrogen (secondary N) is 1. The predicted octanol–water partition coefficient (Wildman–Crippen LogP) is 2.90. The van der Waals surface area contributed by atoms with E-state index in [2.05, 4.69) is 0 Å². The fraction of sp³-hybridized carbons (Fsp3) is 0.176. The first-order valence-corrected chi connectivity index (χ1v) is 8.84. The quantitative estimate of drug-likeness (QED) is 0.727. The molecule has 0 aliphatic rings. The smallest absolute Gasteiger partial charge is 0.246 e. The van der Waals surface area contributed by atoms with E-state index < -0.39 is 38.7 Å². The van der Waals surface area contributed by atoms with Gasteiger partial charge in [-0.1, -0.05) is 24.3 Å².